The largest absolute Gasteiger partial charge is 0.298 e. The smallest absolute Gasteiger partial charge is 0.0976 e. The predicted molar refractivity (Wildman–Crippen MR) is 74.3 cm³/mol. The van der Waals surface area contributed by atoms with Gasteiger partial charge in [-0.25, -0.2) is 0 Å². The van der Waals surface area contributed by atoms with Crippen LogP contribution < -0.4 is 0 Å². The van der Waals surface area contributed by atoms with Crippen molar-refractivity contribution in [3.63, 3.8) is 0 Å². The van der Waals surface area contributed by atoms with Crippen molar-refractivity contribution < 1.29 is 0 Å². The van der Waals surface area contributed by atoms with Crippen molar-refractivity contribution in [3.05, 3.63) is 0 Å². The summed E-state index contributed by atoms with van der Waals surface area (Å²) in [6, 6.07) is 3.40. The summed E-state index contributed by atoms with van der Waals surface area (Å²) in [5, 5.41) is 9.12. The van der Waals surface area contributed by atoms with Crippen LogP contribution in [0.25, 0.3) is 0 Å². The molecule has 1 aliphatic heterocycles. The van der Waals surface area contributed by atoms with Gasteiger partial charge in [0.25, 0.3) is 0 Å². The minimum atomic E-state index is 0.140. The van der Waals surface area contributed by atoms with Gasteiger partial charge in [-0.05, 0) is 19.3 Å². The second kappa shape index (κ2) is 7.11. The average Bonchev–Trinajstić information content (AvgIpc) is 2.70. The van der Waals surface area contributed by atoms with Gasteiger partial charge in [0.1, 0.15) is 0 Å². The molecule has 0 aromatic heterocycles. The van der Waals surface area contributed by atoms with Crippen LogP contribution in [0, 0.1) is 11.3 Å². The Labute approximate surface area is 112 Å². The topological polar surface area (TPSA) is 30.3 Å². The third-order valence-electron chi connectivity index (χ3n) is 4.67. The molecule has 3 heteroatoms. The SMILES string of the molecule is CCC(C#N)N1CCN(C2CCCCCC2)CC1. The van der Waals surface area contributed by atoms with Crippen LogP contribution in [0.15, 0.2) is 0 Å². The summed E-state index contributed by atoms with van der Waals surface area (Å²) < 4.78 is 0. The zero-order valence-electron chi connectivity index (χ0n) is 11.8. The maximum atomic E-state index is 9.12. The first-order valence-corrected chi connectivity index (χ1v) is 7.73. The monoisotopic (exact) mass is 249 g/mol. The highest BCUT2D eigenvalue weighted by molar-refractivity contribution is 4.93. The number of nitrogens with zero attached hydrogens (tertiary/aromatic N) is 3. The van der Waals surface area contributed by atoms with Gasteiger partial charge < -0.3 is 0 Å². The van der Waals surface area contributed by atoms with Crippen molar-refractivity contribution in [2.45, 2.75) is 64.0 Å². The van der Waals surface area contributed by atoms with Crippen molar-refractivity contribution >= 4 is 0 Å². The van der Waals surface area contributed by atoms with Gasteiger partial charge in [0.05, 0.1) is 12.1 Å². The summed E-state index contributed by atoms with van der Waals surface area (Å²) >= 11 is 0. The molecule has 1 aliphatic carbocycles. The van der Waals surface area contributed by atoms with Gasteiger partial charge in [0, 0.05) is 32.2 Å². The molecule has 1 saturated heterocycles. The van der Waals surface area contributed by atoms with Crippen LogP contribution >= 0.6 is 0 Å². The highest BCUT2D eigenvalue weighted by Crippen LogP contribution is 2.23. The van der Waals surface area contributed by atoms with E-state index >= 15 is 0 Å². The van der Waals surface area contributed by atoms with E-state index in [-0.39, 0.29) is 6.04 Å². The van der Waals surface area contributed by atoms with Gasteiger partial charge in [-0.3, -0.25) is 9.80 Å². The van der Waals surface area contributed by atoms with Crippen LogP contribution in [0.2, 0.25) is 0 Å². The molecule has 0 amide bonds. The Kier molecular flexibility index (Phi) is 5.46. The highest BCUT2D eigenvalue weighted by Gasteiger charge is 2.26. The molecule has 3 nitrogen and oxygen atoms in total. The summed E-state index contributed by atoms with van der Waals surface area (Å²) in [6.45, 7) is 6.63. The molecular weight excluding hydrogens is 222 g/mol. The third-order valence-corrected chi connectivity index (χ3v) is 4.67. The maximum Gasteiger partial charge on any atom is 0.0976 e. The van der Waals surface area contributed by atoms with E-state index in [9.17, 15) is 0 Å². The standard InChI is InChI=1S/C15H27N3/c1-2-14(13-16)17-9-11-18(12-10-17)15-7-5-3-4-6-8-15/h14-15H,2-12H2,1H3. The van der Waals surface area contributed by atoms with Crippen molar-refractivity contribution in [2.75, 3.05) is 26.2 Å². The van der Waals surface area contributed by atoms with Crippen molar-refractivity contribution in [3.8, 4) is 6.07 Å². The zero-order valence-corrected chi connectivity index (χ0v) is 11.8. The molecule has 1 saturated carbocycles. The fourth-order valence-electron chi connectivity index (χ4n) is 3.47. The van der Waals surface area contributed by atoms with Crippen molar-refractivity contribution in [2.24, 2.45) is 0 Å². The van der Waals surface area contributed by atoms with Gasteiger partial charge in [-0.2, -0.15) is 5.26 Å². The third kappa shape index (κ3) is 3.46. The molecule has 2 fully saturated rings. The van der Waals surface area contributed by atoms with Crippen molar-refractivity contribution in [1.82, 2.24) is 9.80 Å². The van der Waals surface area contributed by atoms with E-state index in [4.69, 9.17) is 5.26 Å². The number of hydrogen-bond donors (Lipinski definition) is 0. The van der Waals surface area contributed by atoms with Crippen LogP contribution in [0.3, 0.4) is 0 Å². The van der Waals surface area contributed by atoms with Crippen LogP contribution in [-0.2, 0) is 0 Å². The van der Waals surface area contributed by atoms with Crippen molar-refractivity contribution in [1.29, 1.82) is 5.26 Å². The Bertz CT molecular complexity index is 268. The molecule has 1 atom stereocenters. The number of hydrogen-bond acceptors (Lipinski definition) is 3. The highest BCUT2D eigenvalue weighted by atomic mass is 15.3. The first-order valence-electron chi connectivity index (χ1n) is 7.73. The lowest BCUT2D eigenvalue weighted by atomic mass is 10.1. The fraction of sp³-hybridized carbons (Fsp3) is 0.933. The Morgan fingerprint density at radius 1 is 1.06 bits per heavy atom. The molecule has 1 unspecified atom stereocenters. The van der Waals surface area contributed by atoms with E-state index in [1.165, 1.54) is 51.6 Å². The summed E-state index contributed by atoms with van der Waals surface area (Å²) in [6.07, 6.45) is 9.46. The average molecular weight is 249 g/mol. The summed E-state index contributed by atoms with van der Waals surface area (Å²) in [5.41, 5.74) is 0. The molecule has 0 aromatic rings. The summed E-state index contributed by atoms with van der Waals surface area (Å²) in [7, 11) is 0. The van der Waals surface area contributed by atoms with Gasteiger partial charge in [-0.1, -0.05) is 32.6 Å². The Hall–Kier alpha value is -0.590. The minimum Gasteiger partial charge on any atom is -0.298 e. The molecule has 2 rings (SSSR count). The lowest BCUT2D eigenvalue weighted by Gasteiger charge is -2.40. The molecular formula is C15H27N3. The Morgan fingerprint density at radius 2 is 1.67 bits per heavy atom. The van der Waals surface area contributed by atoms with Gasteiger partial charge in [0.2, 0.25) is 0 Å². The Morgan fingerprint density at radius 3 is 2.17 bits per heavy atom. The quantitative estimate of drug-likeness (QED) is 0.720. The lowest BCUT2D eigenvalue weighted by Crippen LogP contribution is -2.52. The molecule has 0 N–H and O–H groups in total. The first-order chi connectivity index (χ1) is 8.85. The molecule has 0 aromatic carbocycles. The summed E-state index contributed by atoms with van der Waals surface area (Å²) in [5.74, 6) is 0. The fourth-order valence-corrected chi connectivity index (χ4v) is 3.47. The molecule has 18 heavy (non-hydrogen) atoms. The first kappa shape index (κ1) is 13.8. The van der Waals surface area contributed by atoms with E-state index in [0.717, 1.165) is 25.6 Å². The van der Waals surface area contributed by atoms with E-state index in [1.54, 1.807) is 0 Å². The predicted octanol–water partition coefficient (Wildman–Crippen LogP) is 2.63. The van der Waals surface area contributed by atoms with Gasteiger partial charge in [-0.15, -0.1) is 0 Å². The molecule has 0 radical (unpaired) electrons. The van der Waals surface area contributed by atoms with Crippen LogP contribution in [0.5, 0.6) is 0 Å². The van der Waals surface area contributed by atoms with E-state index in [0.29, 0.717) is 0 Å². The number of piperazine rings is 1. The lowest BCUT2D eigenvalue weighted by molar-refractivity contribution is 0.0755. The molecule has 0 bridgehead atoms. The van der Waals surface area contributed by atoms with Crippen LogP contribution in [0.4, 0.5) is 0 Å². The van der Waals surface area contributed by atoms with E-state index < -0.39 is 0 Å². The van der Waals surface area contributed by atoms with E-state index in [1.807, 2.05) is 0 Å². The summed E-state index contributed by atoms with van der Waals surface area (Å²) in [4.78, 5) is 5.05. The van der Waals surface area contributed by atoms with Gasteiger partial charge >= 0.3 is 0 Å². The number of nitriles is 1. The molecule has 102 valence electrons. The normalized spacial score (nSPS) is 26.4. The van der Waals surface area contributed by atoms with Gasteiger partial charge in [0.15, 0.2) is 0 Å². The molecule has 0 spiro atoms. The van der Waals surface area contributed by atoms with Crippen LogP contribution in [0.1, 0.15) is 51.9 Å². The second-order valence-corrected chi connectivity index (χ2v) is 5.77. The van der Waals surface area contributed by atoms with E-state index in [2.05, 4.69) is 22.8 Å². The minimum absolute atomic E-state index is 0.140. The molecule has 2 aliphatic rings. The Balaban J connectivity index is 1.80. The van der Waals surface area contributed by atoms with Crippen LogP contribution in [-0.4, -0.2) is 48.1 Å². The second-order valence-electron chi connectivity index (χ2n) is 5.77. The maximum absolute atomic E-state index is 9.12. The zero-order chi connectivity index (χ0) is 12.8. The number of rotatable bonds is 3. The molecule has 1 heterocycles.